The average molecular weight is 636 g/mol. The van der Waals surface area contributed by atoms with Crippen molar-refractivity contribution in [3.8, 4) is 5.75 Å². The number of anilines is 1. The van der Waals surface area contributed by atoms with Gasteiger partial charge in [0.15, 0.2) is 0 Å². The maximum absolute atomic E-state index is 13.3. The molecule has 1 heterocycles. The second-order valence-electron chi connectivity index (χ2n) is 9.34. The van der Waals surface area contributed by atoms with Crippen molar-refractivity contribution in [3.63, 3.8) is 0 Å². The molecule has 1 N–H and O–H groups in total. The van der Waals surface area contributed by atoms with Crippen LogP contribution in [-0.2, 0) is 20.9 Å². The molecule has 0 unspecified atom stereocenters. The summed E-state index contributed by atoms with van der Waals surface area (Å²) in [5.41, 5.74) is 1.89. The van der Waals surface area contributed by atoms with E-state index in [1.54, 1.807) is 25.1 Å². The number of nitrogens with zero attached hydrogens (tertiary/aromatic N) is 1. The second kappa shape index (κ2) is 13.3. The van der Waals surface area contributed by atoms with Crippen LogP contribution in [0, 0.1) is 0 Å². The number of halogens is 2. The van der Waals surface area contributed by atoms with E-state index in [1.165, 1.54) is 18.2 Å². The number of amides is 3. The number of fused-ring (bicyclic) bond motifs is 1. The van der Waals surface area contributed by atoms with Crippen LogP contribution in [0.1, 0.15) is 28.4 Å². The number of carbonyl (C=O) groups excluding carboxylic acids is 4. The largest absolute Gasteiger partial charge is 0.488 e. The summed E-state index contributed by atoms with van der Waals surface area (Å²) in [6.07, 6.45) is 1.62. The molecule has 0 aliphatic carbocycles. The molecule has 0 bridgehead atoms. The van der Waals surface area contributed by atoms with Crippen molar-refractivity contribution in [3.05, 3.63) is 111 Å². The summed E-state index contributed by atoms with van der Waals surface area (Å²) >= 11 is 12.8. The Morgan fingerprint density at radius 3 is 2.51 bits per heavy atom. The molecule has 4 aromatic carbocycles. The van der Waals surface area contributed by atoms with Gasteiger partial charge in [-0.1, -0.05) is 65.7 Å². The summed E-state index contributed by atoms with van der Waals surface area (Å²) < 4.78 is 11.1. The Labute approximate surface area is 261 Å². The minimum Gasteiger partial charge on any atom is -0.488 e. The highest BCUT2D eigenvalue weighted by molar-refractivity contribution is 8.18. The number of thioether (sulfide) groups is 1. The van der Waals surface area contributed by atoms with Crippen LogP contribution in [0.5, 0.6) is 5.75 Å². The summed E-state index contributed by atoms with van der Waals surface area (Å²) in [7, 11) is 0. The molecule has 11 heteroatoms. The summed E-state index contributed by atoms with van der Waals surface area (Å²) in [6.45, 7) is 1.57. The highest BCUT2D eigenvalue weighted by Crippen LogP contribution is 2.37. The maximum atomic E-state index is 13.3. The fraction of sp³-hybridized carbons (Fsp3) is 0.125. The zero-order valence-electron chi connectivity index (χ0n) is 22.8. The van der Waals surface area contributed by atoms with Crippen LogP contribution in [0.15, 0.2) is 83.8 Å². The van der Waals surface area contributed by atoms with Gasteiger partial charge >= 0.3 is 5.97 Å². The molecule has 1 saturated heterocycles. The van der Waals surface area contributed by atoms with Crippen molar-refractivity contribution < 1.29 is 28.7 Å². The third-order valence-corrected chi connectivity index (χ3v) is 7.92. The van der Waals surface area contributed by atoms with E-state index in [1.807, 2.05) is 48.5 Å². The van der Waals surface area contributed by atoms with E-state index in [-0.39, 0.29) is 34.4 Å². The fourth-order valence-corrected chi connectivity index (χ4v) is 5.51. The molecule has 3 amide bonds. The first-order valence-electron chi connectivity index (χ1n) is 13.1. The normalized spacial score (nSPS) is 13.9. The highest BCUT2D eigenvalue weighted by Gasteiger charge is 2.36. The summed E-state index contributed by atoms with van der Waals surface area (Å²) in [5.74, 6) is -1.34. The van der Waals surface area contributed by atoms with Crippen LogP contribution in [0.4, 0.5) is 10.5 Å². The van der Waals surface area contributed by atoms with Gasteiger partial charge in [0.1, 0.15) is 18.9 Å². The molecule has 1 fully saturated rings. The monoisotopic (exact) mass is 634 g/mol. The topological polar surface area (TPSA) is 102 Å². The average Bonchev–Trinajstić information content (AvgIpc) is 3.25. The predicted octanol–water partition coefficient (Wildman–Crippen LogP) is 7.58. The molecule has 218 valence electrons. The maximum Gasteiger partial charge on any atom is 0.339 e. The lowest BCUT2D eigenvalue weighted by Gasteiger charge is -2.14. The number of carbonyl (C=O) groups is 4. The van der Waals surface area contributed by atoms with E-state index in [2.05, 4.69) is 5.32 Å². The number of nitrogens with one attached hydrogen (secondary N) is 1. The van der Waals surface area contributed by atoms with Crippen LogP contribution < -0.4 is 10.1 Å². The first-order chi connectivity index (χ1) is 20.7. The standard InChI is InChI=1S/C32H24Cl2N2O6S/c1-2-41-31(39)25-15-22(12-13-26(25)34)35-29(37)17-36-30(38)28(43-32(36)40)16-24-23-6-4-3-5-20(23)9-14-27(24)42-18-19-7-10-21(33)11-8-19/h3-16H,2,17-18H2,1H3,(H,35,37)/b28-16+. The third-order valence-electron chi connectivity index (χ3n) is 6.43. The van der Waals surface area contributed by atoms with E-state index in [0.717, 1.165) is 33.0 Å². The van der Waals surface area contributed by atoms with Crippen LogP contribution in [0.25, 0.3) is 16.8 Å². The number of imide groups is 1. The molecular weight excluding hydrogens is 611 g/mol. The number of rotatable bonds is 9. The summed E-state index contributed by atoms with van der Waals surface area (Å²) in [5, 5.41) is 4.56. The predicted molar refractivity (Wildman–Crippen MR) is 168 cm³/mol. The van der Waals surface area contributed by atoms with E-state index in [4.69, 9.17) is 32.7 Å². The number of esters is 1. The Bertz CT molecular complexity index is 1770. The van der Waals surface area contributed by atoms with Crippen molar-refractivity contribution in [2.24, 2.45) is 0 Å². The van der Waals surface area contributed by atoms with Gasteiger partial charge in [-0.15, -0.1) is 0 Å². The number of ether oxygens (including phenoxy) is 2. The molecule has 0 atom stereocenters. The van der Waals surface area contributed by atoms with Crippen molar-refractivity contribution in [1.82, 2.24) is 4.90 Å². The molecule has 0 spiro atoms. The van der Waals surface area contributed by atoms with E-state index < -0.39 is 29.6 Å². The Morgan fingerprint density at radius 1 is 0.977 bits per heavy atom. The first-order valence-corrected chi connectivity index (χ1v) is 14.7. The molecule has 8 nitrogen and oxygen atoms in total. The lowest BCUT2D eigenvalue weighted by atomic mass is 10.0. The van der Waals surface area contributed by atoms with Crippen LogP contribution in [0.2, 0.25) is 10.0 Å². The van der Waals surface area contributed by atoms with Crippen LogP contribution >= 0.6 is 35.0 Å². The van der Waals surface area contributed by atoms with E-state index in [0.29, 0.717) is 16.3 Å². The van der Waals surface area contributed by atoms with Gasteiger partial charge in [0.25, 0.3) is 11.1 Å². The van der Waals surface area contributed by atoms with Crippen LogP contribution in [-0.4, -0.2) is 41.1 Å². The zero-order chi connectivity index (χ0) is 30.5. The highest BCUT2D eigenvalue weighted by atomic mass is 35.5. The molecule has 43 heavy (non-hydrogen) atoms. The van der Waals surface area contributed by atoms with Gasteiger partial charge < -0.3 is 14.8 Å². The van der Waals surface area contributed by atoms with Crippen molar-refractivity contribution >= 4 is 80.5 Å². The van der Waals surface area contributed by atoms with Gasteiger partial charge in [-0.25, -0.2) is 4.79 Å². The quantitative estimate of drug-likeness (QED) is 0.150. The lowest BCUT2D eigenvalue weighted by molar-refractivity contribution is -0.127. The number of benzene rings is 4. The van der Waals surface area contributed by atoms with Crippen molar-refractivity contribution in [2.45, 2.75) is 13.5 Å². The van der Waals surface area contributed by atoms with Gasteiger partial charge in [0, 0.05) is 16.3 Å². The smallest absolute Gasteiger partial charge is 0.339 e. The molecular formula is C32H24Cl2N2O6S. The first kappa shape index (κ1) is 30.2. The second-order valence-corrected chi connectivity index (χ2v) is 11.2. The number of hydrogen-bond acceptors (Lipinski definition) is 7. The Morgan fingerprint density at radius 2 is 1.74 bits per heavy atom. The summed E-state index contributed by atoms with van der Waals surface area (Å²) in [4.78, 5) is 52.2. The Balaban J connectivity index is 1.35. The molecule has 1 aliphatic rings. The van der Waals surface area contributed by atoms with Crippen molar-refractivity contribution in [1.29, 1.82) is 0 Å². The molecule has 5 rings (SSSR count). The minimum absolute atomic E-state index is 0.0830. The third kappa shape index (κ3) is 7.02. The lowest BCUT2D eigenvalue weighted by Crippen LogP contribution is -2.36. The summed E-state index contributed by atoms with van der Waals surface area (Å²) in [6, 6.07) is 23.0. The molecule has 0 aromatic heterocycles. The fourth-order valence-electron chi connectivity index (χ4n) is 4.37. The Kier molecular flexibility index (Phi) is 9.35. The zero-order valence-corrected chi connectivity index (χ0v) is 25.1. The minimum atomic E-state index is -0.635. The van der Waals surface area contributed by atoms with E-state index >= 15 is 0 Å². The van der Waals surface area contributed by atoms with Gasteiger partial charge in [0.2, 0.25) is 5.91 Å². The van der Waals surface area contributed by atoms with Gasteiger partial charge in [-0.05, 0) is 77.5 Å². The van der Waals surface area contributed by atoms with Gasteiger partial charge in [-0.2, -0.15) is 0 Å². The van der Waals surface area contributed by atoms with Gasteiger partial charge in [-0.3, -0.25) is 19.3 Å². The Hall–Kier alpha value is -4.31. The van der Waals surface area contributed by atoms with E-state index in [9.17, 15) is 19.2 Å². The SMILES string of the molecule is CCOC(=O)c1cc(NC(=O)CN2C(=O)S/C(=C/c3c(OCc4ccc(Cl)cc4)ccc4ccccc34)C2=O)ccc1Cl. The molecule has 1 aliphatic heterocycles. The van der Waals surface area contributed by atoms with Gasteiger partial charge in [0.05, 0.1) is 22.1 Å². The molecule has 4 aromatic rings. The molecule has 0 radical (unpaired) electrons. The van der Waals surface area contributed by atoms with Crippen molar-refractivity contribution in [2.75, 3.05) is 18.5 Å². The molecule has 0 saturated carbocycles. The number of hydrogen-bond donors (Lipinski definition) is 1. The van der Waals surface area contributed by atoms with Crippen LogP contribution in [0.3, 0.4) is 0 Å².